The zero-order chi connectivity index (χ0) is 9.90. The molecule has 0 spiro atoms. The molecule has 0 aromatic heterocycles. The van der Waals surface area contributed by atoms with E-state index in [9.17, 15) is 8.42 Å². The average molecular weight is 333 g/mol. The lowest BCUT2D eigenvalue weighted by atomic mass is 10.4. The number of aliphatic imine (C=N–C) groups is 1. The molecule has 1 unspecified atom stereocenters. The molecule has 1 aliphatic heterocycles. The molecule has 0 amide bonds. The van der Waals surface area contributed by atoms with Gasteiger partial charge in [-0.15, -0.1) is 24.0 Å². The Balaban J connectivity index is 0.00000169. The van der Waals surface area contributed by atoms with Crippen molar-refractivity contribution in [3.63, 3.8) is 0 Å². The Kier molecular flexibility index (Phi) is 5.72. The second-order valence-electron chi connectivity index (χ2n) is 3.29. The first-order valence-electron chi connectivity index (χ1n) is 4.20. The van der Waals surface area contributed by atoms with Crippen molar-refractivity contribution in [1.29, 1.82) is 0 Å². The predicted molar refractivity (Wildman–Crippen MR) is 68.0 cm³/mol. The normalized spacial score (nSPS) is 20.7. The second-order valence-corrected chi connectivity index (χ2v) is 5.55. The molecule has 0 saturated heterocycles. The number of guanidine groups is 1. The molecule has 1 heterocycles. The Morgan fingerprint density at radius 3 is 2.71 bits per heavy atom. The van der Waals surface area contributed by atoms with Gasteiger partial charge in [-0.2, -0.15) is 0 Å². The topological polar surface area (TPSA) is 70.6 Å². The van der Waals surface area contributed by atoms with Gasteiger partial charge in [0.25, 0.3) is 0 Å². The van der Waals surface area contributed by atoms with Gasteiger partial charge >= 0.3 is 0 Å². The number of hydrogen-bond acceptors (Lipinski definition) is 5. The van der Waals surface area contributed by atoms with Crippen molar-refractivity contribution in [3.8, 4) is 0 Å². The largest absolute Gasteiger partial charge is 0.355 e. The number of sulfone groups is 1. The van der Waals surface area contributed by atoms with E-state index in [4.69, 9.17) is 0 Å². The molecule has 84 valence electrons. The summed E-state index contributed by atoms with van der Waals surface area (Å²) in [5, 5.41) is 6.01. The molecular formula is C7H16IN3O2S. The quantitative estimate of drug-likeness (QED) is 0.689. The van der Waals surface area contributed by atoms with Crippen LogP contribution in [0.2, 0.25) is 0 Å². The van der Waals surface area contributed by atoms with Crippen molar-refractivity contribution in [3.05, 3.63) is 0 Å². The van der Waals surface area contributed by atoms with Gasteiger partial charge in [-0.3, -0.25) is 4.99 Å². The monoisotopic (exact) mass is 333 g/mol. The highest BCUT2D eigenvalue weighted by atomic mass is 127. The van der Waals surface area contributed by atoms with Crippen molar-refractivity contribution in [1.82, 2.24) is 10.6 Å². The van der Waals surface area contributed by atoms with Crippen LogP contribution in [0.25, 0.3) is 0 Å². The lowest BCUT2D eigenvalue weighted by Gasteiger charge is -2.07. The highest BCUT2D eigenvalue weighted by Crippen LogP contribution is 1.91. The van der Waals surface area contributed by atoms with Crippen LogP contribution in [0.4, 0.5) is 0 Å². The van der Waals surface area contributed by atoms with E-state index in [-0.39, 0.29) is 29.7 Å². The lowest BCUT2D eigenvalue weighted by Crippen LogP contribution is -2.39. The molecule has 0 aromatic carbocycles. The van der Waals surface area contributed by atoms with E-state index in [0.717, 1.165) is 6.54 Å². The second kappa shape index (κ2) is 5.74. The molecule has 0 fully saturated rings. The lowest BCUT2D eigenvalue weighted by molar-refractivity contribution is 0.600. The van der Waals surface area contributed by atoms with Crippen molar-refractivity contribution in [2.24, 2.45) is 4.99 Å². The van der Waals surface area contributed by atoms with Gasteiger partial charge in [-0.1, -0.05) is 0 Å². The minimum atomic E-state index is -2.87. The zero-order valence-corrected chi connectivity index (χ0v) is 11.4. The smallest absolute Gasteiger partial charge is 0.191 e. The number of nitrogens with one attached hydrogen (secondary N) is 2. The van der Waals surface area contributed by atoms with Gasteiger partial charge < -0.3 is 10.6 Å². The summed E-state index contributed by atoms with van der Waals surface area (Å²) in [6.45, 7) is 3.19. The van der Waals surface area contributed by atoms with Crippen LogP contribution < -0.4 is 10.6 Å². The Hall–Kier alpha value is -0.0500. The third-order valence-electron chi connectivity index (χ3n) is 1.67. The molecule has 0 aliphatic carbocycles. The summed E-state index contributed by atoms with van der Waals surface area (Å²) >= 11 is 0. The molecule has 1 rings (SSSR count). The first kappa shape index (κ1) is 13.9. The van der Waals surface area contributed by atoms with Gasteiger partial charge in [-0.25, -0.2) is 8.42 Å². The zero-order valence-electron chi connectivity index (χ0n) is 8.28. The van der Waals surface area contributed by atoms with E-state index in [1.54, 1.807) is 0 Å². The fourth-order valence-electron chi connectivity index (χ4n) is 1.01. The average Bonchev–Trinajstić information content (AvgIpc) is 2.33. The van der Waals surface area contributed by atoms with E-state index in [1.165, 1.54) is 6.26 Å². The van der Waals surface area contributed by atoms with Crippen molar-refractivity contribution in [2.75, 3.05) is 25.1 Å². The van der Waals surface area contributed by atoms with Crippen molar-refractivity contribution >= 4 is 39.8 Å². The molecular weight excluding hydrogens is 317 g/mol. The fourth-order valence-corrected chi connectivity index (χ4v) is 1.49. The third kappa shape index (κ3) is 5.63. The van der Waals surface area contributed by atoms with Crippen LogP contribution in [0.5, 0.6) is 0 Å². The van der Waals surface area contributed by atoms with Crippen molar-refractivity contribution < 1.29 is 8.42 Å². The minimum Gasteiger partial charge on any atom is -0.355 e. The highest BCUT2D eigenvalue weighted by Gasteiger charge is 2.11. The van der Waals surface area contributed by atoms with Crippen molar-refractivity contribution in [2.45, 2.75) is 13.0 Å². The van der Waals surface area contributed by atoms with Gasteiger partial charge in [0.1, 0.15) is 9.84 Å². The summed E-state index contributed by atoms with van der Waals surface area (Å²) in [6.07, 6.45) is 1.22. The SMILES string of the molecule is CC1CN=C(NCCS(C)(=O)=O)N1.I. The van der Waals surface area contributed by atoms with E-state index in [1.807, 2.05) is 6.92 Å². The first-order valence-corrected chi connectivity index (χ1v) is 6.26. The number of halogens is 1. The molecule has 14 heavy (non-hydrogen) atoms. The van der Waals surface area contributed by atoms with Crippen LogP contribution in [-0.2, 0) is 9.84 Å². The molecule has 0 bridgehead atoms. The van der Waals surface area contributed by atoms with E-state index in [2.05, 4.69) is 15.6 Å². The molecule has 7 heteroatoms. The molecule has 1 aliphatic rings. The molecule has 5 nitrogen and oxygen atoms in total. The summed E-state index contributed by atoms with van der Waals surface area (Å²) in [4.78, 5) is 4.14. The molecule has 0 radical (unpaired) electrons. The van der Waals surface area contributed by atoms with Crippen LogP contribution in [0.3, 0.4) is 0 Å². The fraction of sp³-hybridized carbons (Fsp3) is 0.857. The summed E-state index contributed by atoms with van der Waals surface area (Å²) in [5.74, 6) is 0.846. The molecule has 0 saturated carbocycles. The van der Waals surface area contributed by atoms with E-state index < -0.39 is 9.84 Å². The minimum absolute atomic E-state index is 0. The predicted octanol–water partition coefficient (Wildman–Crippen LogP) is -0.414. The number of rotatable bonds is 3. The van der Waals surface area contributed by atoms with Crippen LogP contribution in [0.1, 0.15) is 6.92 Å². The van der Waals surface area contributed by atoms with E-state index >= 15 is 0 Å². The molecule has 2 N–H and O–H groups in total. The maximum Gasteiger partial charge on any atom is 0.191 e. The van der Waals surface area contributed by atoms with Gasteiger partial charge in [-0.05, 0) is 6.92 Å². The van der Waals surface area contributed by atoms with Crippen LogP contribution in [0, 0.1) is 0 Å². The van der Waals surface area contributed by atoms with Gasteiger partial charge in [0.05, 0.1) is 12.3 Å². The summed E-state index contributed by atoms with van der Waals surface area (Å²) in [7, 11) is -2.87. The summed E-state index contributed by atoms with van der Waals surface area (Å²) in [5.41, 5.74) is 0. The maximum absolute atomic E-state index is 10.8. The van der Waals surface area contributed by atoms with Gasteiger partial charge in [0, 0.05) is 18.8 Å². The number of nitrogens with zero attached hydrogens (tertiary/aromatic N) is 1. The summed E-state index contributed by atoms with van der Waals surface area (Å²) < 4.78 is 21.5. The van der Waals surface area contributed by atoms with Crippen LogP contribution >= 0.6 is 24.0 Å². The Bertz CT molecular complexity index is 302. The number of hydrogen-bond donors (Lipinski definition) is 2. The van der Waals surface area contributed by atoms with E-state index in [0.29, 0.717) is 18.5 Å². The molecule has 1 atom stereocenters. The molecule has 0 aromatic rings. The van der Waals surface area contributed by atoms with Gasteiger partial charge in [0.2, 0.25) is 0 Å². The summed E-state index contributed by atoms with van der Waals surface area (Å²) in [6, 6.07) is 0.348. The maximum atomic E-state index is 10.8. The Morgan fingerprint density at radius 2 is 2.29 bits per heavy atom. The highest BCUT2D eigenvalue weighted by molar-refractivity contribution is 14.0. The first-order chi connectivity index (χ1) is 5.97. The van der Waals surface area contributed by atoms with Crippen LogP contribution in [0.15, 0.2) is 4.99 Å². The third-order valence-corrected chi connectivity index (χ3v) is 2.62. The van der Waals surface area contributed by atoms with Crippen LogP contribution in [-0.4, -0.2) is 45.5 Å². The Morgan fingerprint density at radius 1 is 1.64 bits per heavy atom. The standard InChI is InChI=1S/C7H15N3O2S.HI/c1-6-5-9-7(10-6)8-3-4-13(2,11)12;/h6H,3-5H2,1-2H3,(H2,8,9,10);1H. The van der Waals surface area contributed by atoms with Gasteiger partial charge in [0.15, 0.2) is 5.96 Å². The Labute approximate surface area is 102 Å².